The Balaban J connectivity index is 1.66. The number of rotatable bonds is 2. The third-order valence-electron chi connectivity index (χ3n) is 4.40. The van der Waals surface area contributed by atoms with E-state index in [0.717, 1.165) is 49.3 Å². The van der Waals surface area contributed by atoms with Gasteiger partial charge in [0.15, 0.2) is 0 Å². The first kappa shape index (κ1) is 11.9. The molecular weight excluding hydrogens is 252 g/mol. The van der Waals surface area contributed by atoms with E-state index in [0.29, 0.717) is 17.4 Å². The molecule has 2 fully saturated rings. The van der Waals surface area contributed by atoms with Crippen LogP contribution in [0, 0.1) is 11.8 Å². The molecule has 0 radical (unpaired) electrons. The highest BCUT2D eigenvalue weighted by molar-refractivity contribution is 5.87. The smallest absolute Gasteiger partial charge is 0.150 e. The third-order valence-corrected chi connectivity index (χ3v) is 4.40. The van der Waals surface area contributed by atoms with E-state index >= 15 is 0 Å². The maximum absolute atomic E-state index is 10.8. The Morgan fingerprint density at radius 1 is 1.15 bits per heavy atom. The van der Waals surface area contributed by atoms with E-state index in [1.54, 1.807) is 0 Å². The summed E-state index contributed by atoms with van der Waals surface area (Å²) in [5, 5.41) is 1.01. The molecule has 0 N–H and O–H groups in total. The van der Waals surface area contributed by atoms with E-state index in [1.807, 2.05) is 18.2 Å². The molecule has 0 amide bonds. The molecule has 0 aliphatic carbocycles. The second kappa shape index (κ2) is 4.56. The van der Waals surface area contributed by atoms with Gasteiger partial charge in [0.1, 0.15) is 12.1 Å². The van der Waals surface area contributed by atoms with Crippen molar-refractivity contribution in [2.24, 2.45) is 11.8 Å². The second-order valence-electron chi connectivity index (χ2n) is 5.70. The zero-order valence-electron chi connectivity index (χ0n) is 11.2. The van der Waals surface area contributed by atoms with Crippen LogP contribution in [0.3, 0.4) is 0 Å². The summed E-state index contributed by atoms with van der Waals surface area (Å²) >= 11 is 0. The van der Waals surface area contributed by atoms with Gasteiger partial charge in [0.05, 0.1) is 18.7 Å². The Kier molecular flexibility index (Phi) is 2.70. The average molecular weight is 268 g/mol. The summed E-state index contributed by atoms with van der Waals surface area (Å²) in [6, 6.07) is 9.72. The van der Waals surface area contributed by atoms with Crippen molar-refractivity contribution in [3.63, 3.8) is 0 Å². The average Bonchev–Trinajstić information content (AvgIpc) is 3.07. The summed E-state index contributed by atoms with van der Waals surface area (Å²) in [5.74, 6) is 2.35. The van der Waals surface area contributed by atoms with E-state index in [2.05, 4.69) is 17.0 Å². The molecule has 1 aromatic heterocycles. The van der Waals surface area contributed by atoms with Crippen LogP contribution in [0.25, 0.3) is 10.9 Å². The molecule has 2 aromatic rings. The lowest BCUT2D eigenvalue weighted by Crippen LogP contribution is -2.23. The number of aromatic nitrogens is 1. The molecule has 4 nitrogen and oxygen atoms in total. The molecule has 4 heteroatoms. The highest BCUT2D eigenvalue weighted by Crippen LogP contribution is 2.32. The Labute approximate surface area is 117 Å². The topological polar surface area (TPSA) is 42.4 Å². The molecule has 0 bridgehead atoms. The monoisotopic (exact) mass is 268 g/mol. The normalized spacial score (nSPS) is 25.1. The van der Waals surface area contributed by atoms with E-state index in [-0.39, 0.29) is 0 Å². The van der Waals surface area contributed by atoms with Crippen LogP contribution < -0.4 is 4.90 Å². The number of aldehydes is 1. The summed E-state index contributed by atoms with van der Waals surface area (Å²) in [5.41, 5.74) is 1.64. The fourth-order valence-electron chi connectivity index (χ4n) is 3.26. The first-order chi connectivity index (χ1) is 9.83. The molecule has 0 spiro atoms. The van der Waals surface area contributed by atoms with Crippen LogP contribution in [-0.4, -0.2) is 37.6 Å². The first-order valence-electron chi connectivity index (χ1n) is 7.02. The van der Waals surface area contributed by atoms with Gasteiger partial charge in [-0.15, -0.1) is 0 Å². The van der Waals surface area contributed by atoms with Gasteiger partial charge in [0, 0.05) is 35.9 Å². The largest absolute Gasteiger partial charge is 0.381 e. The minimum absolute atomic E-state index is 0.657. The van der Waals surface area contributed by atoms with Gasteiger partial charge in [0.25, 0.3) is 0 Å². The van der Waals surface area contributed by atoms with Gasteiger partial charge in [-0.3, -0.25) is 4.79 Å². The van der Waals surface area contributed by atoms with Crippen molar-refractivity contribution in [3.8, 4) is 0 Å². The molecule has 102 valence electrons. The van der Waals surface area contributed by atoms with Crippen molar-refractivity contribution in [2.75, 3.05) is 31.2 Å². The van der Waals surface area contributed by atoms with Crippen molar-refractivity contribution in [1.82, 2.24) is 4.98 Å². The molecule has 0 saturated carbocycles. The van der Waals surface area contributed by atoms with Crippen LogP contribution in [0.4, 0.5) is 5.82 Å². The summed E-state index contributed by atoms with van der Waals surface area (Å²) in [6.45, 7) is 3.85. The number of pyridine rings is 1. The Bertz CT molecular complexity index is 659. The van der Waals surface area contributed by atoms with Crippen molar-refractivity contribution >= 4 is 23.0 Å². The zero-order valence-corrected chi connectivity index (χ0v) is 11.2. The van der Waals surface area contributed by atoms with Crippen molar-refractivity contribution in [1.29, 1.82) is 0 Å². The highest BCUT2D eigenvalue weighted by Gasteiger charge is 2.37. The second-order valence-corrected chi connectivity index (χ2v) is 5.70. The fourth-order valence-corrected chi connectivity index (χ4v) is 3.26. The van der Waals surface area contributed by atoms with E-state index in [4.69, 9.17) is 9.72 Å². The number of ether oxygens (including phenoxy) is 1. The van der Waals surface area contributed by atoms with E-state index < -0.39 is 0 Å². The standard InChI is InChI=1S/C16H16N2O2/c19-8-11-1-3-15-12(5-11)2-4-16(17-15)18-6-13-9-20-10-14(13)7-18/h1-5,8,13-14H,6-7,9-10H2/t13-,14+. The molecular formula is C16H16N2O2. The molecule has 4 rings (SSSR count). The number of hydrogen-bond donors (Lipinski definition) is 0. The predicted molar refractivity (Wildman–Crippen MR) is 77.1 cm³/mol. The number of benzene rings is 1. The fraction of sp³-hybridized carbons (Fsp3) is 0.375. The highest BCUT2D eigenvalue weighted by atomic mass is 16.5. The van der Waals surface area contributed by atoms with Crippen LogP contribution in [0.1, 0.15) is 10.4 Å². The lowest BCUT2D eigenvalue weighted by atomic mass is 10.0. The molecule has 2 aliphatic heterocycles. The van der Waals surface area contributed by atoms with Gasteiger partial charge in [-0.1, -0.05) is 0 Å². The number of carbonyl (C=O) groups is 1. The number of carbonyl (C=O) groups excluding carboxylic acids is 1. The van der Waals surface area contributed by atoms with Crippen LogP contribution >= 0.6 is 0 Å². The summed E-state index contributed by atoms with van der Waals surface area (Å²) in [6.07, 6.45) is 0.870. The third kappa shape index (κ3) is 1.88. The van der Waals surface area contributed by atoms with Crippen LogP contribution in [0.5, 0.6) is 0 Å². The van der Waals surface area contributed by atoms with Gasteiger partial charge in [-0.2, -0.15) is 0 Å². The number of hydrogen-bond acceptors (Lipinski definition) is 4. The van der Waals surface area contributed by atoms with Gasteiger partial charge in [-0.05, 0) is 30.3 Å². The van der Waals surface area contributed by atoms with Crippen molar-refractivity contribution < 1.29 is 9.53 Å². The summed E-state index contributed by atoms with van der Waals surface area (Å²) in [4.78, 5) is 17.9. The Hall–Kier alpha value is -1.94. The van der Waals surface area contributed by atoms with Crippen molar-refractivity contribution in [3.05, 3.63) is 35.9 Å². The van der Waals surface area contributed by atoms with Gasteiger partial charge in [0.2, 0.25) is 0 Å². The number of nitrogens with zero attached hydrogens (tertiary/aromatic N) is 2. The Morgan fingerprint density at radius 2 is 1.95 bits per heavy atom. The van der Waals surface area contributed by atoms with Gasteiger partial charge < -0.3 is 9.64 Å². The molecule has 2 saturated heterocycles. The van der Waals surface area contributed by atoms with Crippen LogP contribution in [-0.2, 0) is 4.74 Å². The molecule has 20 heavy (non-hydrogen) atoms. The molecule has 2 aliphatic rings. The minimum Gasteiger partial charge on any atom is -0.381 e. The maximum Gasteiger partial charge on any atom is 0.150 e. The maximum atomic E-state index is 10.8. The first-order valence-corrected chi connectivity index (χ1v) is 7.02. The lowest BCUT2D eigenvalue weighted by Gasteiger charge is -2.18. The van der Waals surface area contributed by atoms with Crippen LogP contribution in [0.15, 0.2) is 30.3 Å². The predicted octanol–water partition coefficient (Wildman–Crippen LogP) is 2.13. The minimum atomic E-state index is 0.657. The quantitative estimate of drug-likeness (QED) is 0.783. The van der Waals surface area contributed by atoms with E-state index in [9.17, 15) is 4.79 Å². The van der Waals surface area contributed by atoms with Gasteiger partial charge in [-0.25, -0.2) is 4.98 Å². The number of anilines is 1. The van der Waals surface area contributed by atoms with Crippen LogP contribution in [0.2, 0.25) is 0 Å². The number of fused-ring (bicyclic) bond motifs is 2. The SMILES string of the molecule is O=Cc1ccc2nc(N3C[C@H]4COC[C@H]4C3)ccc2c1. The molecule has 1 aromatic carbocycles. The molecule has 3 heterocycles. The van der Waals surface area contributed by atoms with Gasteiger partial charge >= 0.3 is 0 Å². The molecule has 0 unspecified atom stereocenters. The van der Waals surface area contributed by atoms with E-state index in [1.165, 1.54) is 0 Å². The molecule has 2 atom stereocenters. The Morgan fingerprint density at radius 3 is 2.70 bits per heavy atom. The summed E-state index contributed by atoms with van der Waals surface area (Å²) in [7, 11) is 0. The lowest BCUT2D eigenvalue weighted by molar-refractivity contribution is 0.112. The van der Waals surface area contributed by atoms with Crippen molar-refractivity contribution in [2.45, 2.75) is 0 Å². The zero-order chi connectivity index (χ0) is 13.5. The summed E-state index contributed by atoms with van der Waals surface area (Å²) < 4.78 is 5.51.